The highest BCUT2D eigenvalue weighted by Crippen LogP contribution is 2.38. The number of carbonyl (C=O) groups is 2. The molecule has 1 amide bonds. The molecule has 0 spiro atoms. The topological polar surface area (TPSA) is 113 Å². The third-order valence-corrected chi connectivity index (χ3v) is 6.38. The van der Waals surface area contributed by atoms with E-state index < -0.39 is 6.09 Å². The molecule has 1 unspecified atom stereocenters. The van der Waals surface area contributed by atoms with Crippen LogP contribution < -0.4 is 10.6 Å². The van der Waals surface area contributed by atoms with Gasteiger partial charge in [0.05, 0.1) is 24.6 Å². The highest BCUT2D eigenvalue weighted by molar-refractivity contribution is 7.16. The minimum absolute atomic E-state index is 0.172. The maximum Gasteiger partial charge on any atom is 0.411 e. The van der Waals surface area contributed by atoms with Crippen LogP contribution in [0.4, 0.5) is 15.5 Å². The van der Waals surface area contributed by atoms with Gasteiger partial charge in [0.25, 0.3) is 0 Å². The Labute approximate surface area is 210 Å². The average molecular weight is 495 g/mol. The molecule has 0 saturated heterocycles. The Morgan fingerprint density at radius 1 is 1.46 bits per heavy atom. The van der Waals surface area contributed by atoms with Crippen LogP contribution in [0.3, 0.4) is 0 Å². The largest absolute Gasteiger partial charge is 0.497 e. The van der Waals surface area contributed by atoms with E-state index in [1.54, 1.807) is 55.1 Å². The fraction of sp³-hybridized carbons (Fsp3) is 0.308. The quantitative estimate of drug-likeness (QED) is 0.272. The van der Waals surface area contributed by atoms with Gasteiger partial charge in [0.15, 0.2) is 0 Å². The van der Waals surface area contributed by atoms with E-state index in [-0.39, 0.29) is 6.10 Å². The summed E-state index contributed by atoms with van der Waals surface area (Å²) in [5.74, 6) is 0.672. The summed E-state index contributed by atoms with van der Waals surface area (Å²) in [7, 11) is 3.38. The van der Waals surface area contributed by atoms with E-state index >= 15 is 0 Å². The normalized spacial score (nSPS) is 14.2. The number of amides is 1. The van der Waals surface area contributed by atoms with Gasteiger partial charge in [0, 0.05) is 31.0 Å². The number of hydrogen-bond donors (Lipinski definition) is 2. The first-order valence-electron chi connectivity index (χ1n) is 11.0. The summed E-state index contributed by atoms with van der Waals surface area (Å²) < 4.78 is 10.4. The minimum Gasteiger partial charge on any atom is -0.497 e. The Hall–Kier alpha value is -3.90. The Morgan fingerprint density at radius 2 is 2.26 bits per heavy atom. The van der Waals surface area contributed by atoms with Crippen LogP contribution in [0, 0.1) is 11.3 Å². The van der Waals surface area contributed by atoms with E-state index in [1.165, 1.54) is 0 Å². The van der Waals surface area contributed by atoms with Crippen LogP contribution in [0.15, 0.2) is 61.2 Å². The minimum atomic E-state index is -0.475. The molecule has 9 heteroatoms. The van der Waals surface area contributed by atoms with Crippen molar-refractivity contribution in [2.75, 3.05) is 24.8 Å². The van der Waals surface area contributed by atoms with Crippen molar-refractivity contribution in [2.45, 2.75) is 38.2 Å². The number of allylic oxidation sites excluding steroid dienone is 3. The molecule has 1 aliphatic rings. The number of thiophene rings is 1. The maximum atomic E-state index is 12.0. The zero-order valence-corrected chi connectivity index (χ0v) is 20.8. The summed E-state index contributed by atoms with van der Waals surface area (Å²) in [6, 6.07) is 5.77. The molecule has 0 aromatic carbocycles. The molecule has 2 aromatic heterocycles. The van der Waals surface area contributed by atoms with Crippen LogP contribution in [-0.4, -0.2) is 37.6 Å². The van der Waals surface area contributed by atoms with Crippen LogP contribution in [0.1, 0.15) is 35.3 Å². The predicted octanol–water partition coefficient (Wildman–Crippen LogP) is 5.40. The van der Waals surface area contributed by atoms with Gasteiger partial charge in [0.2, 0.25) is 0 Å². The van der Waals surface area contributed by atoms with Crippen molar-refractivity contribution in [3.8, 4) is 6.07 Å². The summed E-state index contributed by atoms with van der Waals surface area (Å²) in [5, 5.41) is 15.9. The van der Waals surface area contributed by atoms with Crippen molar-refractivity contribution >= 4 is 34.4 Å². The lowest BCUT2D eigenvalue weighted by atomic mass is 9.94. The predicted molar refractivity (Wildman–Crippen MR) is 138 cm³/mol. The molecule has 1 atom stereocenters. The Balaban J connectivity index is 0.000000307. The summed E-state index contributed by atoms with van der Waals surface area (Å²) in [5.41, 5.74) is 3.30. The molecule has 8 nitrogen and oxygen atoms in total. The van der Waals surface area contributed by atoms with Gasteiger partial charge < -0.3 is 19.6 Å². The SMILES string of the molecule is C=C/C(=C\C(=C)CCC=O)OC.CNc1sc2c(c1C#N)CCC(OC(=O)Nc1cccnc1)C2. The first-order chi connectivity index (χ1) is 16.9. The van der Waals surface area contributed by atoms with E-state index in [4.69, 9.17) is 9.47 Å². The standard InChI is InChI=1S/C16H16N4O2S.C10H14O2/c1-18-15-13(8-17)12-5-4-11(7-14(12)23-15)22-16(21)20-10-3-2-6-19-9-10;1-4-10(12-3)8-9(2)6-5-7-11/h2-3,6,9,11,18H,4-5,7H2,1H3,(H,20,21);4,7-8H,1-2,5-6H2,3H3/b;10-8+. The highest BCUT2D eigenvalue weighted by Gasteiger charge is 2.27. The van der Waals surface area contributed by atoms with E-state index in [0.717, 1.165) is 45.7 Å². The Kier molecular flexibility index (Phi) is 11.2. The number of nitrogens with one attached hydrogen (secondary N) is 2. The molecule has 0 aliphatic heterocycles. The van der Waals surface area contributed by atoms with E-state index in [2.05, 4.69) is 34.8 Å². The first kappa shape index (κ1) is 27.3. The molecular formula is C26H30N4O4S. The van der Waals surface area contributed by atoms with Crippen LogP contribution >= 0.6 is 11.3 Å². The van der Waals surface area contributed by atoms with Crippen molar-refractivity contribution in [3.63, 3.8) is 0 Å². The van der Waals surface area contributed by atoms with Crippen LogP contribution in [0.5, 0.6) is 0 Å². The molecule has 0 saturated carbocycles. The monoisotopic (exact) mass is 494 g/mol. The fourth-order valence-electron chi connectivity index (χ4n) is 3.40. The molecule has 35 heavy (non-hydrogen) atoms. The Morgan fingerprint density at radius 3 is 2.86 bits per heavy atom. The number of fused-ring (bicyclic) bond motifs is 1. The van der Waals surface area contributed by atoms with Gasteiger partial charge in [-0.3, -0.25) is 10.3 Å². The first-order valence-corrected chi connectivity index (χ1v) is 11.9. The number of carbonyl (C=O) groups excluding carboxylic acids is 2. The van der Waals surface area contributed by atoms with Gasteiger partial charge in [0.1, 0.15) is 29.2 Å². The second-order valence-corrected chi connectivity index (χ2v) is 8.63. The van der Waals surface area contributed by atoms with Gasteiger partial charge in [-0.05, 0) is 49.1 Å². The van der Waals surface area contributed by atoms with Crippen LogP contribution in [0.2, 0.25) is 0 Å². The number of nitrogens with zero attached hydrogens (tertiary/aromatic N) is 2. The number of rotatable bonds is 9. The van der Waals surface area contributed by atoms with Gasteiger partial charge in [-0.1, -0.05) is 18.7 Å². The third-order valence-electron chi connectivity index (χ3n) is 5.11. The van der Waals surface area contributed by atoms with Crippen molar-refractivity contribution in [1.29, 1.82) is 5.26 Å². The number of anilines is 2. The average Bonchev–Trinajstić information content (AvgIpc) is 3.23. The highest BCUT2D eigenvalue weighted by atomic mass is 32.1. The van der Waals surface area contributed by atoms with E-state index in [0.29, 0.717) is 30.7 Å². The molecule has 184 valence electrons. The summed E-state index contributed by atoms with van der Waals surface area (Å²) in [6.45, 7) is 7.33. The number of aldehydes is 1. The Bertz CT molecular complexity index is 1100. The number of methoxy groups -OCH3 is 1. The lowest BCUT2D eigenvalue weighted by Gasteiger charge is -2.22. The molecule has 0 fully saturated rings. The number of ether oxygens (including phenoxy) is 2. The molecular weight excluding hydrogens is 464 g/mol. The third kappa shape index (κ3) is 8.43. The smallest absolute Gasteiger partial charge is 0.411 e. The van der Waals surface area contributed by atoms with Crippen LogP contribution in [0.25, 0.3) is 0 Å². The zero-order valence-electron chi connectivity index (χ0n) is 20.0. The molecule has 0 radical (unpaired) electrons. The van der Waals surface area contributed by atoms with Gasteiger partial charge in [-0.2, -0.15) is 5.26 Å². The second-order valence-electron chi connectivity index (χ2n) is 7.53. The lowest BCUT2D eigenvalue weighted by molar-refractivity contribution is -0.107. The van der Waals surface area contributed by atoms with Crippen molar-refractivity contribution in [3.05, 3.63) is 77.2 Å². The molecule has 0 bridgehead atoms. The fourth-order valence-corrected chi connectivity index (χ4v) is 4.62. The number of pyridine rings is 1. The molecule has 2 heterocycles. The summed E-state index contributed by atoms with van der Waals surface area (Å²) in [6.07, 6.45) is 10.1. The molecule has 2 N–H and O–H groups in total. The second kappa shape index (κ2) is 14.4. The van der Waals surface area contributed by atoms with Gasteiger partial charge >= 0.3 is 6.09 Å². The number of hydrogen-bond acceptors (Lipinski definition) is 8. The molecule has 3 rings (SSSR count). The number of aromatic nitrogens is 1. The molecule has 2 aromatic rings. The van der Waals surface area contributed by atoms with Crippen LogP contribution in [-0.2, 0) is 27.1 Å². The summed E-state index contributed by atoms with van der Waals surface area (Å²) in [4.78, 5) is 27.0. The van der Waals surface area contributed by atoms with Gasteiger partial charge in [-0.25, -0.2) is 4.79 Å². The summed E-state index contributed by atoms with van der Waals surface area (Å²) >= 11 is 1.57. The van der Waals surface area contributed by atoms with E-state index in [9.17, 15) is 14.9 Å². The zero-order chi connectivity index (χ0) is 25.6. The van der Waals surface area contributed by atoms with E-state index in [1.807, 2.05) is 7.05 Å². The number of nitriles is 1. The van der Waals surface area contributed by atoms with Crippen molar-refractivity contribution in [1.82, 2.24) is 4.98 Å². The van der Waals surface area contributed by atoms with Crippen molar-refractivity contribution < 1.29 is 19.1 Å². The van der Waals surface area contributed by atoms with Gasteiger partial charge in [-0.15, -0.1) is 11.3 Å². The lowest BCUT2D eigenvalue weighted by Crippen LogP contribution is -2.27. The van der Waals surface area contributed by atoms with Crippen molar-refractivity contribution in [2.24, 2.45) is 0 Å². The molecule has 1 aliphatic carbocycles. The maximum absolute atomic E-state index is 12.0.